The third-order valence-electron chi connectivity index (χ3n) is 3.08. The van der Waals surface area contributed by atoms with Crippen LogP contribution in [0.5, 0.6) is 0 Å². The number of carbonyl (C=O) groups excluding carboxylic acids is 1. The molecule has 0 saturated carbocycles. The summed E-state index contributed by atoms with van der Waals surface area (Å²) in [6, 6.07) is 6.36. The Morgan fingerprint density at radius 3 is 2.59 bits per heavy atom. The van der Waals surface area contributed by atoms with Crippen molar-refractivity contribution in [1.29, 1.82) is 0 Å². The highest BCUT2D eigenvalue weighted by atomic mass is 35.5. The van der Waals surface area contributed by atoms with Crippen LogP contribution in [0.25, 0.3) is 0 Å². The second-order valence-corrected chi connectivity index (χ2v) is 6.67. The molecule has 126 valence electrons. The highest BCUT2D eigenvalue weighted by Crippen LogP contribution is 2.09. The third kappa shape index (κ3) is 7.74. The van der Waals surface area contributed by atoms with Crippen LogP contribution in [-0.2, 0) is 15.8 Å². The molecule has 5 N–H and O–H groups in total. The van der Waals surface area contributed by atoms with Crippen molar-refractivity contribution in [3.8, 4) is 0 Å². The maximum atomic E-state index is 12.1. The number of rotatable bonds is 8. The number of amides is 1. The van der Waals surface area contributed by atoms with E-state index >= 15 is 0 Å². The summed E-state index contributed by atoms with van der Waals surface area (Å²) in [4.78, 5) is 12.1. The number of primary sulfonamides is 1. The molecule has 0 aliphatic rings. The Morgan fingerprint density at radius 1 is 1.36 bits per heavy atom. The zero-order valence-corrected chi connectivity index (χ0v) is 14.3. The van der Waals surface area contributed by atoms with E-state index in [-0.39, 0.29) is 30.1 Å². The Kier molecular flexibility index (Phi) is 9.27. The van der Waals surface area contributed by atoms with Gasteiger partial charge in [0.15, 0.2) is 0 Å². The molecule has 1 atom stereocenters. The van der Waals surface area contributed by atoms with Crippen LogP contribution >= 0.6 is 12.4 Å². The molecular formula is C14H24ClN3O3S. The smallest absolute Gasteiger partial charge is 0.251 e. The predicted molar refractivity (Wildman–Crippen MR) is 90.3 cm³/mol. The number of sulfonamides is 1. The minimum atomic E-state index is -3.61. The van der Waals surface area contributed by atoms with Crippen LogP contribution in [0.15, 0.2) is 24.3 Å². The minimum absolute atomic E-state index is 0. The molecule has 0 aromatic heterocycles. The Labute approximate surface area is 138 Å². The zero-order chi connectivity index (χ0) is 15.9. The SMILES string of the molecule is CCCCC(CN)NC(=O)c1cccc(CS(N)(=O)=O)c1.Cl. The van der Waals surface area contributed by atoms with E-state index in [1.165, 1.54) is 6.07 Å². The van der Waals surface area contributed by atoms with Crippen molar-refractivity contribution in [1.82, 2.24) is 5.32 Å². The summed E-state index contributed by atoms with van der Waals surface area (Å²) in [5, 5.41) is 7.87. The zero-order valence-electron chi connectivity index (χ0n) is 12.6. The first kappa shape index (κ1) is 20.9. The van der Waals surface area contributed by atoms with Crippen molar-refractivity contribution in [3.63, 3.8) is 0 Å². The highest BCUT2D eigenvalue weighted by molar-refractivity contribution is 7.88. The first-order chi connectivity index (χ1) is 9.85. The second-order valence-electron chi connectivity index (χ2n) is 5.06. The minimum Gasteiger partial charge on any atom is -0.348 e. The van der Waals surface area contributed by atoms with Gasteiger partial charge < -0.3 is 11.1 Å². The molecule has 0 aliphatic heterocycles. The first-order valence-corrected chi connectivity index (χ1v) is 8.67. The maximum Gasteiger partial charge on any atom is 0.251 e. The summed E-state index contributed by atoms with van der Waals surface area (Å²) in [6.45, 7) is 2.45. The third-order valence-corrected chi connectivity index (χ3v) is 3.82. The van der Waals surface area contributed by atoms with Crippen molar-refractivity contribution < 1.29 is 13.2 Å². The van der Waals surface area contributed by atoms with Crippen LogP contribution < -0.4 is 16.2 Å². The Morgan fingerprint density at radius 2 is 2.05 bits per heavy atom. The van der Waals surface area contributed by atoms with E-state index < -0.39 is 10.0 Å². The van der Waals surface area contributed by atoms with E-state index in [1.807, 2.05) is 0 Å². The number of benzene rings is 1. The van der Waals surface area contributed by atoms with E-state index in [4.69, 9.17) is 10.9 Å². The molecule has 0 aliphatic carbocycles. The second kappa shape index (κ2) is 9.78. The van der Waals surface area contributed by atoms with Gasteiger partial charge in [-0.2, -0.15) is 0 Å². The molecule has 0 radical (unpaired) electrons. The summed E-state index contributed by atoms with van der Waals surface area (Å²) in [5.74, 6) is -0.539. The molecule has 22 heavy (non-hydrogen) atoms. The van der Waals surface area contributed by atoms with Crippen molar-refractivity contribution in [2.75, 3.05) is 6.54 Å². The lowest BCUT2D eigenvalue weighted by atomic mass is 10.1. The fraction of sp³-hybridized carbons (Fsp3) is 0.500. The van der Waals surface area contributed by atoms with Gasteiger partial charge in [-0.25, -0.2) is 13.6 Å². The average Bonchev–Trinajstić information content (AvgIpc) is 2.41. The van der Waals surface area contributed by atoms with Gasteiger partial charge in [-0.05, 0) is 24.1 Å². The number of nitrogens with two attached hydrogens (primary N) is 2. The largest absolute Gasteiger partial charge is 0.348 e. The molecule has 1 aromatic carbocycles. The molecule has 0 bridgehead atoms. The van der Waals surface area contributed by atoms with E-state index in [2.05, 4.69) is 12.2 Å². The Balaban J connectivity index is 0.00000441. The van der Waals surface area contributed by atoms with Crippen LogP contribution in [0, 0.1) is 0 Å². The van der Waals surface area contributed by atoms with Crippen molar-refractivity contribution in [2.45, 2.75) is 38.0 Å². The Hall–Kier alpha value is -1.15. The van der Waals surface area contributed by atoms with Gasteiger partial charge in [0.25, 0.3) is 5.91 Å². The average molecular weight is 350 g/mol. The van der Waals surface area contributed by atoms with Gasteiger partial charge in [0.05, 0.1) is 5.75 Å². The molecule has 0 spiro atoms. The molecule has 0 heterocycles. The topological polar surface area (TPSA) is 115 Å². The van der Waals surface area contributed by atoms with Crippen LogP contribution in [0.2, 0.25) is 0 Å². The van der Waals surface area contributed by atoms with E-state index in [1.54, 1.807) is 18.2 Å². The summed E-state index contributed by atoms with van der Waals surface area (Å²) < 4.78 is 22.2. The summed E-state index contributed by atoms with van der Waals surface area (Å²) >= 11 is 0. The molecule has 1 unspecified atom stereocenters. The van der Waals surface area contributed by atoms with E-state index in [0.29, 0.717) is 17.7 Å². The number of unbranched alkanes of at least 4 members (excludes halogenated alkanes) is 1. The molecule has 0 saturated heterocycles. The van der Waals surface area contributed by atoms with Gasteiger partial charge in [0.2, 0.25) is 10.0 Å². The van der Waals surface area contributed by atoms with Crippen molar-refractivity contribution >= 4 is 28.3 Å². The lowest BCUT2D eigenvalue weighted by Crippen LogP contribution is -2.40. The monoisotopic (exact) mass is 349 g/mol. The number of hydrogen-bond donors (Lipinski definition) is 3. The fourth-order valence-corrected chi connectivity index (χ4v) is 2.65. The van der Waals surface area contributed by atoms with Crippen LogP contribution in [0.3, 0.4) is 0 Å². The molecule has 1 amide bonds. The van der Waals surface area contributed by atoms with Gasteiger partial charge in [-0.1, -0.05) is 31.9 Å². The van der Waals surface area contributed by atoms with Crippen LogP contribution in [0.1, 0.15) is 42.1 Å². The normalized spacial score (nSPS) is 12.3. The van der Waals surface area contributed by atoms with Gasteiger partial charge in [0, 0.05) is 18.2 Å². The molecule has 8 heteroatoms. The summed E-state index contributed by atoms with van der Waals surface area (Å²) in [6.07, 6.45) is 2.86. The van der Waals surface area contributed by atoms with Gasteiger partial charge in [-0.15, -0.1) is 12.4 Å². The van der Waals surface area contributed by atoms with Gasteiger partial charge in [-0.3, -0.25) is 4.79 Å². The standard InChI is InChI=1S/C14H23N3O3S.ClH/c1-2-3-7-13(9-15)17-14(18)12-6-4-5-11(8-12)10-21(16,19)20;/h4-6,8,13H,2-3,7,9-10,15H2,1H3,(H,17,18)(H2,16,19,20);1H. The maximum absolute atomic E-state index is 12.1. The van der Waals surface area contributed by atoms with Crippen LogP contribution in [-0.4, -0.2) is 26.9 Å². The predicted octanol–water partition coefficient (Wildman–Crippen LogP) is 1.14. The van der Waals surface area contributed by atoms with E-state index in [9.17, 15) is 13.2 Å². The first-order valence-electron chi connectivity index (χ1n) is 6.96. The summed E-state index contributed by atoms with van der Waals surface area (Å²) in [7, 11) is -3.61. The Bertz CT molecular complexity index is 578. The molecule has 1 aromatic rings. The fourth-order valence-electron chi connectivity index (χ4n) is 2.00. The summed E-state index contributed by atoms with van der Waals surface area (Å²) in [5.41, 5.74) is 6.54. The van der Waals surface area contributed by atoms with Gasteiger partial charge in [0.1, 0.15) is 0 Å². The van der Waals surface area contributed by atoms with Crippen molar-refractivity contribution in [2.24, 2.45) is 10.9 Å². The lowest BCUT2D eigenvalue weighted by Gasteiger charge is -2.16. The molecule has 1 rings (SSSR count). The number of halogens is 1. The quantitative estimate of drug-likeness (QED) is 0.652. The molecule has 6 nitrogen and oxygen atoms in total. The van der Waals surface area contributed by atoms with Crippen LogP contribution in [0.4, 0.5) is 0 Å². The molecular weight excluding hydrogens is 326 g/mol. The molecule has 0 fully saturated rings. The van der Waals surface area contributed by atoms with Crippen molar-refractivity contribution in [3.05, 3.63) is 35.4 Å². The lowest BCUT2D eigenvalue weighted by molar-refractivity contribution is 0.0935. The van der Waals surface area contributed by atoms with Gasteiger partial charge >= 0.3 is 0 Å². The van der Waals surface area contributed by atoms with E-state index in [0.717, 1.165) is 19.3 Å². The number of carbonyl (C=O) groups is 1. The highest BCUT2D eigenvalue weighted by Gasteiger charge is 2.13. The number of hydrogen-bond acceptors (Lipinski definition) is 4. The number of nitrogens with one attached hydrogen (secondary N) is 1.